The lowest BCUT2D eigenvalue weighted by atomic mass is 10.2. The largest absolute Gasteiger partial charge is 0.411 e. The summed E-state index contributed by atoms with van der Waals surface area (Å²) >= 11 is 0. The topological polar surface area (TPSA) is 64.3 Å². The van der Waals surface area contributed by atoms with Crippen molar-refractivity contribution in [1.82, 2.24) is 5.43 Å². The summed E-state index contributed by atoms with van der Waals surface area (Å²) in [5.74, 6) is 4.46. The van der Waals surface area contributed by atoms with Crippen molar-refractivity contribution in [2.75, 3.05) is 13.2 Å². The van der Waals surface area contributed by atoms with Crippen LogP contribution < -0.4 is 11.3 Å². The molecule has 0 rings (SSSR count). The molecule has 7 heteroatoms. The van der Waals surface area contributed by atoms with Crippen LogP contribution in [0.2, 0.25) is 0 Å². The summed E-state index contributed by atoms with van der Waals surface area (Å²) in [5, 5.41) is 0. The minimum atomic E-state index is -4.28. The molecule has 0 aliphatic carbocycles. The Hall–Kier alpha value is -0.820. The SMILES string of the molecule is NNC(=O)CCCCOCC(F)(F)F. The Morgan fingerprint density at radius 3 is 2.50 bits per heavy atom. The number of ether oxygens (including phenoxy) is 1. The maximum Gasteiger partial charge on any atom is 0.411 e. The number of nitrogens with two attached hydrogens (primary N) is 1. The Morgan fingerprint density at radius 1 is 1.36 bits per heavy atom. The summed E-state index contributed by atoms with van der Waals surface area (Å²) in [7, 11) is 0. The van der Waals surface area contributed by atoms with Gasteiger partial charge in [0.25, 0.3) is 0 Å². The third-order valence-electron chi connectivity index (χ3n) is 1.37. The zero-order chi connectivity index (χ0) is 11.0. The van der Waals surface area contributed by atoms with Gasteiger partial charge in [0.1, 0.15) is 6.61 Å². The normalized spacial score (nSPS) is 11.4. The van der Waals surface area contributed by atoms with Crippen molar-refractivity contribution in [3.63, 3.8) is 0 Å². The van der Waals surface area contributed by atoms with E-state index in [1.54, 1.807) is 0 Å². The van der Waals surface area contributed by atoms with Crippen LogP contribution in [-0.4, -0.2) is 25.3 Å². The molecule has 0 aromatic heterocycles. The van der Waals surface area contributed by atoms with Crippen LogP contribution in [0.4, 0.5) is 13.2 Å². The van der Waals surface area contributed by atoms with E-state index in [1.807, 2.05) is 5.43 Å². The molecule has 0 fully saturated rings. The molecule has 0 spiro atoms. The lowest BCUT2D eigenvalue weighted by molar-refractivity contribution is -0.174. The number of hydrazine groups is 1. The minimum Gasteiger partial charge on any atom is -0.372 e. The van der Waals surface area contributed by atoms with Crippen LogP contribution in [-0.2, 0) is 9.53 Å². The fourth-order valence-electron chi connectivity index (χ4n) is 0.750. The van der Waals surface area contributed by atoms with E-state index in [4.69, 9.17) is 5.84 Å². The molecule has 0 heterocycles. The van der Waals surface area contributed by atoms with E-state index in [0.29, 0.717) is 12.8 Å². The fourth-order valence-corrected chi connectivity index (χ4v) is 0.750. The first kappa shape index (κ1) is 13.2. The van der Waals surface area contributed by atoms with Crippen LogP contribution in [0.5, 0.6) is 0 Å². The van der Waals surface area contributed by atoms with Crippen molar-refractivity contribution in [1.29, 1.82) is 0 Å². The van der Waals surface area contributed by atoms with Gasteiger partial charge in [-0.05, 0) is 12.8 Å². The lowest BCUT2D eigenvalue weighted by Crippen LogP contribution is -2.29. The highest BCUT2D eigenvalue weighted by Gasteiger charge is 2.27. The van der Waals surface area contributed by atoms with Gasteiger partial charge in [0, 0.05) is 13.0 Å². The number of hydrogen-bond donors (Lipinski definition) is 2. The number of rotatable bonds is 6. The highest BCUT2D eigenvalue weighted by atomic mass is 19.4. The van der Waals surface area contributed by atoms with Crippen LogP contribution in [0.25, 0.3) is 0 Å². The molecule has 14 heavy (non-hydrogen) atoms. The summed E-state index contributed by atoms with van der Waals surface area (Å²) in [6.45, 7) is -1.24. The van der Waals surface area contributed by atoms with Crippen molar-refractivity contribution >= 4 is 5.91 Å². The van der Waals surface area contributed by atoms with Crippen molar-refractivity contribution in [3.05, 3.63) is 0 Å². The summed E-state index contributed by atoms with van der Waals surface area (Å²) in [5.41, 5.74) is 1.92. The van der Waals surface area contributed by atoms with Gasteiger partial charge in [-0.25, -0.2) is 5.84 Å². The van der Waals surface area contributed by atoms with E-state index in [9.17, 15) is 18.0 Å². The fraction of sp³-hybridized carbons (Fsp3) is 0.857. The maximum absolute atomic E-state index is 11.5. The van der Waals surface area contributed by atoms with E-state index in [2.05, 4.69) is 4.74 Å². The van der Waals surface area contributed by atoms with Gasteiger partial charge in [0.15, 0.2) is 0 Å². The molecule has 0 aliphatic heterocycles. The zero-order valence-electron chi connectivity index (χ0n) is 7.56. The summed E-state index contributed by atoms with van der Waals surface area (Å²) in [6, 6.07) is 0. The number of nitrogens with one attached hydrogen (secondary N) is 1. The second kappa shape index (κ2) is 6.61. The average Bonchev–Trinajstić information content (AvgIpc) is 2.08. The Kier molecular flexibility index (Phi) is 6.22. The quantitative estimate of drug-likeness (QED) is 0.296. The first-order valence-corrected chi connectivity index (χ1v) is 4.09. The van der Waals surface area contributed by atoms with Crippen LogP contribution in [0.1, 0.15) is 19.3 Å². The predicted octanol–water partition coefficient (Wildman–Crippen LogP) is 0.725. The number of hydrogen-bond acceptors (Lipinski definition) is 3. The molecular formula is C7H13F3N2O2. The number of alkyl halides is 3. The van der Waals surface area contributed by atoms with Crippen LogP contribution in [0.3, 0.4) is 0 Å². The highest BCUT2D eigenvalue weighted by molar-refractivity contribution is 5.74. The molecule has 0 aromatic carbocycles. The standard InChI is InChI=1S/C7H13F3N2O2/c8-7(9,10)5-14-4-2-1-3-6(13)12-11/h1-5,11H2,(H,12,13). The van der Waals surface area contributed by atoms with Gasteiger partial charge in [0.05, 0.1) is 0 Å². The summed E-state index contributed by atoms with van der Waals surface area (Å²) < 4.78 is 39.0. The summed E-state index contributed by atoms with van der Waals surface area (Å²) in [6.07, 6.45) is -3.22. The van der Waals surface area contributed by atoms with Gasteiger partial charge in [-0.15, -0.1) is 0 Å². The molecule has 0 saturated carbocycles. The first-order chi connectivity index (χ1) is 6.45. The molecule has 3 N–H and O–H groups in total. The minimum absolute atomic E-state index is 0.00262. The van der Waals surface area contributed by atoms with Crippen LogP contribution in [0, 0.1) is 0 Å². The van der Waals surface area contributed by atoms with Crippen LogP contribution >= 0.6 is 0 Å². The molecule has 1 amide bonds. The molecule has 0 radical (unpaired) electrons. The second-order valence-corrected chi connectivity index (χ2v) is 2.69. The third-order valence-corrected chi connectivity index (χ3v) is 1.37. The monoisotopic (exact) mass is 214 g/mol. The molecule has 0 saturated heterocycles. The Morgan fingerprint density at radius 2 is 2.00 bits per heavy atom. The molecular weight excluding hydrogens is 201 g/mol. The second-order valence-electron chi connectivity index (χ2n) is 2.69. The number of unbranched alkanes of at least 4 members (excludes halogenated alkanes) is 1. The van der Waals surface area contributed by atoms with Gasteiger partial charge in [-0.3, -0.25) is 10.2 Å². The summed E-state index contributed by atoms with van der Waals surface area (Å²) in [4.78, 5) is 10.5. The van der Waals surface area contributed by atoms with Crippen molar-refractivity contribution in [2.24, 2.45) is 5.84 Å². The third kappa shape index (κ3) is 9.27. The number of halogens is 3. The smallest absolute Gasteiger partial charge is 0.372 e. The van der Waals surface area contributed by atoms with Crippen molar-refractivity contribution < 1.29 is 22.7 Å². The van der Waals surface area contributed by atoms with E-state index in [1.165, 1.54) is 0 Å². The molecule has 4 nitrogen and oxygen atoms in total. The van der Waals surface area contributed by atoms with Crippen LogP contribution in [0.15, 0.2) is 0 Å². The maximum atomic E-state index is 11.5. The highest BCUT2D eigenvalue weighted by Crippen LogP contribution is 2.14. The molecule has 0 aliphatic rings. The van der Waals surface area contributed by atoms with Gasteiger partial charge in [-0.2, -0.15) is 13.2 Å². The number of carbonyl (C=O) groups excluding carboxylic acids is 1. The van der Waals surface area contributed by atoms with E-state index in [-0.39, 0.29) is 18.9 Å². The van der Waals surface area contributed by atoms with Gasteiger partial charge in [0.2, 0.25) is 5.91 Å². The zero-order valence-corrected chi connectivity index (χ0v) is 7.56. The number of amides is 1. The Bertz CT molecular complexity index is 173. The van der Waals surface area contributed by atoms with Crippen molar-refractivity contribution in [2.45, 2.75) is 25.4 Å². The molecule has 84 valence electrons. The molecule has 0 bridgehead atoms. The van der Waals surface area contributed by atoms with Gasteiger partial charge in [-0.1, -0.05) is 0 Å². The predicted molar refractivity (Wildman–Crippen MR) is 43.1 cm³/mol. The number of carbonyl (C=O) groups is 1. The first-order valence-electron chi connectivity index (χ1n) is 4.09. The van der Waals surface area contributed by atoms with E-state index >= 15 is 0 Å². The molecule has 0 unspecified atom stereocenters. The van der Waals surface area contributed by atoms with E-state index < -0.39 is 12.8 Å². The molecule has 0 aromatic rings. The van der Waals surface area contributed by atoms with Gasteiger partial charge < -0.3 is 4.74 Å². The van der Waals surface area contributed by atoms with Gasteiger partial charge >= 0.3 is 6.18 Å². The molecule has 0 atom stereocenters. The van der Waals surface area contributed by atoms with E-state index in [0.717, 1.165) is 0 Å². The Balaban J connectivity index is 3.18. The van der Waals surface area contributed by atoms with Crippen molar-refractivity contribution in [3.8, 4) is 0 Å². The Labute approximate surface area is 79.6 Å². The average molecular weight is 214 g/mol. The lowest BCUT2D eigenvalue weighted by Gasteiger charge is -2.06.